The molecule has 158 valence electrons. The topological polar surface area (TPSA) is 107 Å². The molecule has 9 heteroatoms. The molecular weight excluding hydrogens is 422 g/mol. The van der Waals surface area contributed by atoms with Gasteiger partial charge in [0.2, 0.25) is 11.8 Å². The number of nitrogens with zero attached hydrogens (tertiary/aromatic N) is 2. The second-order valence-electron chi connectivity index (χ2n) is 7.29. The Hall–Kier alpha value is -2.70. The smallest absolute Gasteiger partial charge is 0.225 e. The molecule has 3 rings (SSSR count). The SMILES string of the molecule is CC(=O)N1CCc2c(sc(NC(=O)CCCS(=O)(=O)c3ccc(C)cc3)c2C#N)C1. The first-order chi connectivity index (χ1) is 14.2. The molecular formula is C21H23N3O4S2. The monoisotopic (exact) mass is 445 g/mol. The summed E-state index contributed by atoms with van der Waals surface area (Å²) in [4.78, 5) is 26.8. The van der Waals surface area contributed by atoms with Crippen molar-refractivity contribution in [2.75, 3.05) is 17.6 Å². The van der Waals surface area contributed by atoms with Crippen LogP contribution < -0.4 is 5.32 Å². The van der Waals surface area contributed by atoms with Crippen LogP contribution in [0.15, 0.2) is 29.2 Å². The van der Waals surface area contributed by atoms with Gasteiger partial charge in [0, 0.05) is 24.8 Å². The standard InChI is InChI=1S/C21H23N3O4S2/c1-14-5-7-16(8-6-14)30(27,28)11-3-4-20(26)23-21-18(12-22)17-9-10-24(15(2)25)13-19(17)29-21/h5-8H,3-4,9-11,13H2,1-2H3,(H,23,26). The lowest BCUT2D eigenvalue weighted by molar-refractivity contribution is -0.129. The summed E-state index contributed by atoms with van der Waals surface area (Å²) in [6, 6.07) is 8.79. The molecule has 0 spiro atoms. The largest absolute Gasteiger partial charge is 0.337 e. The maximum atomic E-state index is 12.4. The van der Waals surface area contributed by atoms with Crippen LogP contribution in [0.1, 0.15) is 41.3 Å². The normalized spacial score (nSPS) is 13.4. The fraction of sp³-hybridized carbons (Fsp3) is 0.381. The molecule has 0 atom stereocenters. The van der Waals surface area contributed by atoms with Gasteiger partial charge in [-0.3, -0.25) is 9.59 Å². The number of thiophene rings is 1. The van der Waals surface area contributed by atoms with Gasteiger partial charge in [-0.05, 0) is 37.5 Å². The van der Waals surface area contributed by atoms with Crippen molar-refractivity contribution >= 4 is 38.0 Å². The van der Waals surface area contributed by atoms with Crippen LogP contribution in [0.25, 0.3) is 0 Å². The second-order valence-corrected chi connectivity index (χ2v) is 10.5. The highest BCUT2D eigenvalue weighted by molar-refractivity contribution is 7.91. The summed E-state index contributed by atoms with van der Waals surface area (Å²) in [6.07, 6.45) is 0.810. The van der Waals surface area contributed by atoms with E-state index in [1.54, 1.807) is 29.2 Å². The molecule has 1 N–H and O–H groups in total. The minimum atomic E-state index is -3.44. The Balaban J connectivity index is 1.61. The fourth-order valence-corrected chi connectivity index (χ4v) is 5.89. The van der Waals surface area contributed by atoms with Gasteiger partial charge in [-0.25, -0.2) is 8.42 Å². The number of nitrogens with one attached hydrogen (secondary N) is 1. The molecule has 1 aliphatic heterocycles. The summed E-state index contributed by atoms with van der Waals surface area (Å²) in [6.45, 7) is 4.39. The molecule has 0 saturated heterocycles. The maximum absolute atomic E-state index is 12.4. The van der Waals surface area contributed by atoms with E-state index < -0.39 is 9.84 Å². The number of rotatable bonds is 6. The van der Waals surface area contributed by atoms with Gasteiger partial charge in [-0.15, -0.1) is 11.3 Å². The van der Waals surface area contributed by atoms with Crippen molar-refractivity contribution in [1.29, 1.82) is 5.26 Å². The van der Waals surface area contributed by atoms with Gasteiger partial charge in [0.05, 0.1) is 22.8 Å². The molecule has 0 fully saturated rings. The number of aryl methyl sites for hydroxylation is 1. The summed E-state index contributed by atoms with van der Waals surface area (Å²) < 4.78 is 24.8. The van der Waals surface area contributed by atoms with Crippen molar-refractivity contribution in [3.05, 3.63) is 45.8 Å². The van der Waals surface area contributed by atoms with Gasteiger partial charge in [-0.2, -0.15) is 5.26 Å². The summed E-state index contributed by atoms with van der Waals surface area (Å²) in [5, 5.41) is 12.8. The van der Waals surface area contributed by atoms with Gasteiger partial charge in [0.25, 0.3) is 0 Å². The van der Waals surface area contributed by atoms with Crippen LogP contribution in [0, 0.1) is 18.3 Å². The zero-order chi connectivity index (χ0) is 21.9. The van der Waals surface area contributed by atoms with Gasteiger partial charge in [0.15, 0.2) is 9.84 Å². The number of carbonyl (C=O) groups excluding carboxylic acids is 2. The number of anilines is 1. The van der Waals surface area contributed by atoms with Crippen molar-refractivity contribution in [1.82, 2.24) is 4.90 Å². The number of amides is 2. The van der Waals surface area contributed by atoms with E-state index in [0.717, 1.165) is 16.0 Å². The summed E-state index contributed by atoms with van der Waals surface area (Å²) in [5.41, 5.74) is 2.31. The van der Waals surface area contributed by atoms with E-state index in [4.69, 9.17) is 0 Å². The van der Waals surface area contributed by atoms with E-state index in [2.05, 4.69) is 11.4 Å². The third-order valence-corrected chi connectivity index (χ3v) is 8.01. The zero-order valence-electron chi connectivity index (χ0n) is 16.9. The van der Waals surface area contributed by atoms with Gasteiger partial charge in [0.1, 0.15) is 11.1 Å². The molecule has 1 aromatic heterocycles. The number of carbonyl (C=O) groups is 2. The maximum Gasteiger partial charge on any atom is 0.225 e. The molecule has 1 aliphatic rings. The quantitative estimate of drug-likeness (QED) is 0.735. The molecule has 2 aromatic rings. The Labute approximate surface area is 180 Å². The summed E-state index contributed by atoms with van der Waals surface area (Å²) in [7, 11) is -3.44. The first-order valence-electron chi connectivity index (χ1n) is 9.60. The van der Waals surface area contributed by atoms with E-state index in [1.807, 2.05) is 6.92 Å². The van der Waals surface area contributed by atoms with Crippen molar-refractivity contribution in [3.8, 4) is 6.07 Å². The van der Waals surface area contributed by atoms with Gasteiger partial charge < -0.3 is 10.2 Å². The van der Waals surface area contributed by atoms with Crippen LogP contribution in [0.2, 0.25) is 0 Å². The highest BCUT2D eigenvalue weighted by Crippen LogP contribution is 2.36. The molecule has 0 bridgehead atoms. The first kappa shape index (κ1) is 22.0. The predicted octanol–water partition coefficient (Wildman–Crippen LogP) is 3.03. The molecule has 0 unspecified atom stereocenters. The van der Waals surface area contributed by atoms with Crippen LogP contribution in [0.5, 0.6) is 0 Å². The molecule has 30 heavy (non-hydrogen) atoms. The number of fused-ring (bicyclic) bond motifs is 1. The summed E-state index contributed by atoms with van der Waals surface area (Å²) in [5.74, 6) is -0.469. The Morgan fingerprint density at radius 3 is 2.60 bits per heavy atom. The minimum Gasteiger partial charge on any atom is -0.337 e. The second kappa shape index (κ2) is 8.98. The number of nitriles is 1. The molecule has 7 nitrogen and oxygen atoms in total. The molecule has 1 aromatic carbocycles. The van der Waals surface area contributed by atoms with Crippen LogP contribution >= 0.6 is 11.3 Å². The number of sulfone groups is 1. The van der Waals surface area contributed by atoms with Crippen LogP contribution in [-0.4, -0.2) is 37.4 Å². The van der Waals surface area contributed by atoms with E-state index in [-0.39, 0.29) is 35.3 Å². The average Bonchev–Trinajstić information content (AvgIpc) is 3.03. The molecule has 2 heterocycles. The highest BCUT2D eigenvalue weighted by atomic mass is 32.2. The van der Waals surface area contributed by atoms with Gasteiger partial charge >= 0.3 is 0 Å². The van der Waals surface area contributed by atoms with E-state index in [1.165, 1.54) is 18.3 Å². The number of hydrogen-bond donors (Lipinski definition) is 1. The van der Waals surface area contributed by atoms with E-state index >= 15 is 0 Å². The Morgan fingerprint density at radius 2 is 1.97 bits per heavy atom. The third kappa shape index (κ3) is 4.89. The Kier molecular flexibility index (Phi) is 6.58. The van der Waals surface area contributed by atoms with Gasteiger partial charge in [-0.1, -0.05) is 17.7 Å². The Bertz CT molecular complexity index is 1110. The first-order valence-corrected chi connectivity index (χ1v) is 12.1. The summed E-state index contributed by atoms with van der Waals surface area (Å²) >= 11 is 1.31. The number of hydrogen-bond acceptors (Lipinski definition) is 6. The predicted molar refractivity (Wildman–Crippen MR) is 115 cm³/mol. The molecule has 0 radical (unpaired) electrons. The van der Waals surface area contributed by atoms with Crippen molar-refractivity contribution in [3.63, 3.8) is 0 Å². The average molecular weight is 446 g/mol. The minimum absolute atomic E-state index is 0.0204. The van der Waals surface area contributed by atoms with Crippen molar-refractivity contribution < 1.29 is 18.0 Å². The lowest BCUT2D eigenvalue weighted by Gasteiger charge is -2.25. The lowest BCUT2D eigenvalue weighted by atomic mass is 10.0. The Morgan fingerprint density at radius 1 is 1.27 bits per heavy atom. The van der Waals surface area contributed by atoms with E-state index in [9.17, 15) is 23.3 Å². The highest BCUT2D eigenvalue weighted by Gasteiger charge is 2.26. The van der Waals surface area contributed by atoms with Crippen LogP contribution in [-0.2, 0) is 32.4 Å². The lowest BCUT2D eigenvalue weighted by Crippen LogP contribution is -2.33. The third-order valence-electron chi connectivity index (χ3n) is 5.06. The zero-order valence-corrected chi connectivity index (χ0v) is 18.5. The molecule has 0 saturated carbocycles. The molecule has 0 aliphatic carbocycles. The van der Waals surface area contributed by atoms with E-state index in [0.29, 0.717) is 30.1 Å². The fourth-order valence-electron chi connectivity index (χ4n) is 3.35. The molecule has 2 amide bonds. The van der Waals surface area contributed by atoms with Crippen molar-refractivity contribution in [2.24, 2.45) is 0 Å². The van der Waals surface area contributed by atoms with Crippen LogP contribution in [0.4, 0.5) is 5.00 Å². The van der Waals surface area contributed by atoms with Crippen LogP contribution in [0.3, 0.4) is 0 Å². The number of benzene rings is 1. The van der Waals surface area contributed by atoms with Crippen molar-refractivity contribution in [2.45, 2.75) is 44.6 Å².